The van der Waals surface area contributed by atoms with E-state index in [4.69, 9.17) is 15.5 Å². The lowest BCUT2D eigenvalue weighted by atomic mass is 10.1. The lowest BCUT2D eigenvalue weighted by Crippen LogP contribution is -2.12. The summed E-state index contributed by atoms with van der Waals surface area (Å²) >= 11 is 1.63. The smallest absolute Gasteiger partial charge is 0.128 e. The fraction of sp³-hybridized carbons (Fsp3) is 0.438. The van der Waals surface area contributed by atoms with Crippen LogP contribution in [0.5, 0.6) is 5.75 Å². The van der Waals surface area contributed by atoms with Crippen LogP contribution in [0.1, 0.15) is 36.9 Å². The number of nitrogens with zero attached hydrogens (tertiary/aromatic N) is 1. The summed E-state index contributed by atoms with van der Waals surface area (Å²) in [4.78, 5) is 4.70. The minimum absolute atomic E-state index is 0.0181. The van der Waals surface area contributed by atoms with E-state index in [1.165, 1.54) is 5.56 Å². The molecule has 2 rings (SSSR count). The van der Waals surface area contributed by atoms with Gasteiger partial charge in [0.15, 0.2) is 0 Å². The van der Waals surface area contributed by atoms with Gasteiger partial charge in [-0.2, -0.15) is 0 Å². The number of benzene rings is 1. The van der Waals surface area contributed by atoms with Crippen LogP contribution in [0.25, 0.3) is 11.3 Å². The van der Waals surface area contributed by atoms with Crippen LogP contribution in [0.15, 0.2) is 23.6 Å². The quantitative estimate of drug-likeness (QED) is 0.899. The van der Waals surface area contributed by atoms with Gasteiger partial charge in [-0.15, -0.1) is 11.3 Å². The Morgan fingerprint density at radius 3 is 2.75 bits per heavy atom. The fourth-order valence-corrected chi connectivity index (χ4v) is 3.05. The van der Waals surface area contributed by atoms with E-state index >= 15 is 0 Å². The van der Waals surface area contributed by atoms with Crippen LogP contribution >= 0.6 is 11.3 Å². The second-order valence-corrected chi connectivity index (χ2v) is 6.40. The molecule has 0 spiro atoms. The maximum atomic E-state index is 6.20. The first kappa shape index (κ1) is 15.0. The predicted octanol–water partition coefficient (Wildman–Crippen LogP) is 4.17. The number of hydrogen-bond donors (Lipinski definition) is 1. The molecule has 0 aliphatic heterocycles. The Bertz CT molecular complexity index is 578. The molecule has 0 bridgehead atoms. The van der Waals surface area contributed by atoms with Crippen molar-refractivity contribution in [2.45, 2.75) is 33.2 Å². The molecule has 0 aliphatic rings. The molecule has 0 amide bonds. The van der Waals surface area contributed by atoms with Crippen LogP contribution in [-0.4, -0.2) is 12.1 Å². The zero-order valence-corrected chi connectivity index (χ0v) is 13.3. The van der Waals surface area contributed by atoms with E-state index in [1.807, 2.05) is 12.1 Å². The molecule has 1 aromatic carbocycles. The van der Waals surface area contributed by atoms with E-state index in [1.54, 1.807) is 18.4 Å². The molecule has 3 nitrogen and oxygen atoms in total. The number of ether oxygens (including phenoxy) is 1. The predicted molar refractivity (Wildman–Crippen MR) is 85.2 cm³/mol. The molecule has 0 saturated carbocycles. The zero-order valence-electron chi connectivity index (χ0n) is 12.5. The average Bonchev–Trinajstić information content (AvgIpc) is 2.87. The van der Waals surface area contributed by atoms with Gasteiger partial charge in [-0.3, -0.25) is 0 Å². The van der Waals surface area contributed by atoms with Crippen molar-refractivity contribution in [2.75, 3.05) is 7.11 Å². The van der Waals surface area contributed by atoms with Crippen LogP contribution < -0.4 is 10.5 Å². The van der Waals surface area contributed by atoms with Gasteiger partial charge in [0.05, 0.1) is 18.8 Å². The maximum absolute atomic E-state index is 6.20. The molecule has 0 aliphatic carbocycles. The summed E-state index contributed by atoms with van der Waals surface area (Å²) in [6.45, 7) is 6.43. The Morgan fingerprint density at radius 2 is 2.10 bits per heavy atom. The summed E-state index contributed by atoms with van der Waals surface area (Å²) in [6.07, 6.45) is 0.956. The number of methoxy groups -OCH3 is 1. The standard InChI is InChI=1S/C16H22N2OS/c1-10(2)7-13(17)16-18-14(9-20-16)12-8-11(3)5-6-15(12)19-4/h5-6,8-10,13H,7,17H2,1-4H3. The molecule has 20 heavy (non-hydrogen) atoms. The summed E-state index contributed by atoms with van der Waals surface area (Å²) in [5.74, 6) is 1.43. The average molecular weight is 290 g/mol. The normalized spacial score (nSPS) is 12.7. The third-order valence-electron chi connectivity index (χ3n) is 3.20. The minimum Gasteiger partial charge on any atom is -0.496 e. The topological polar surface area (TPSA) is 48.1 Å². The summed E-state index contributed by atoms with van der Waals surface area (Å²) in [7, 11) is 1.69. The molecule has 0 fully saturated rings. The van der Waals surface area contributed by atoms with Gasteiger partial charge in [0.25, 0.3) is 0 Å². The van der Waals surface area contributed by atoms with Crippen LogP contribution in [0, 0.1) is 12.8 Å². The Morgan fingerprint density at radius 1 is 1.35 bits per heavy atom. The maximum Gasteiger partial charge on any atom is 0.128 e. The van der Waals surface area contributed by atoms with E-state index < -0.39 is 0 Å². The van der Waals surface area contributed by atoms with Crippen LogP contribution in [0.4, 0.5) is 0 Å². The number of hydrogen-bond acceptors (Lipinski definition) is 4. The van der Waals surface area contributed by atoms with E-state index in [2.05, 4.69) is 32.2 Å². The molecule has 2 N–H and O–H groups in total. The fourth-order valence-electron chi connectivity index (χ4n) is 2.21. The monoisotopic (exact) mass is 290 g/mol. The first-order chi connectivity index (χ1) is 9.51. The van der Waals surface area contributed by atoms with E-state index in [0.29, 0.717) is 5.92 Å². The number of nitrogens with two attached hydrogens (primary N) is 1. The Labute approximate surface area is 124 Å². The van der Waals surface area contributed by atoms with Crippen LogP contribution in [-0.2, 0) is 0 Å². The molecular weight excluding hydrogens is 268 g/mol. The Kier molecular flexibility index (Phi) is 4.78. The summed E-state index contributed by atoms with van der Waals surface area (Å²) in [5.41, 5.74) is 9.38. The minimum atomic E-state index is 0.0181. The van der Waals surface area contributed by atoms with Crippen molar-refractivity contribution < 1.29 is 4.74 Å². The van der Waals surface area contributed by atoms with Crippen molar-refractivity contribution >= 4 is 11.3 Å². The van der Waals surface area contributed by atoms with E-state index in [-0.39, 0.29) is 6.04 Å². The van der Waals surface area contributed by atoms with E-state index in [0.717, 1.165) is 28.4 Å². The van der Waals surface area contributed by atoms with Gasteiger partial charge in [0.1, 0.15) is 10.8 Å². The molecule has 108 valence electrons. The van der Waals surface area contributed by atoms with Gasteiger partial charge < -0.3 is 10.5 Å². The molecule has 0 saturated heterocycles. The van der Waals surface area contributed by atoms with E-state index in [9.17, 15) is 0 Å². The van der Waals surface area contributed by atoms with Crippen LogP contribution in [0.2, 0.25) is 0 Å². The van der Waals surface area contributed by atoms with Gasteiger partial charge in [-0.05, 0) is 31.4 Å². The SMILES string of the molecule is COc1ccc(C)cc1-c1csc(C(N)CC(C)C)n1. The molecular formula is C16H22N2OS. The molecule has 1 unspecified atom stereocenters. The van der Waals surface area contributed by atoms with Gasteiger partial charge in [-0.1, -0.05) is 25.5 Å². The summed E-state index contributed by atoms with van der Waals surface area (Å²) < 4.78 is 5.42. The van der Waals surface area contributed by atoms with Gasteiger partial charge in [-0.25, -0.2) is 4.98 Å². The lowest BCUT2D eigenvalue weighted by Gasteiger charge is -2.11. The van der Waals surface area contributed by atoms with Gasteiger partial charge >= 0.3 is 0 Å². The zero-order chi connectivity index (χ0) is 14.7. The summed E-state index contributed by atoms with van der Waals surface area (Å²) in [6, 6.07) is 6.15. The van der Waals surface area contributed by atoms with Crippen molar-refractivity contribution in [1.82, 2.24) is 4.98 Å². The number of aromatic nitrogens is 1. The first-order valence-corrected chi connectivity index (χ1v) is 7.75. The second-order valence-electron chi connectivity index (χ2n) is 5.51. The van der Waals surface area contributed by atoms with Gasteiger partial charge in [0.2, 0.25) is 0 Å². The van der Waals surface area contributed by atoms with Crippen molar-refractivity contribution in [3.05, 3.63) is 34.2 Å². The molecule has 1 aromatic heterocycles. The van der Waals surface area contributed by atoms with Crippen LogP contribution in [0.3, 0.4) is 0 Å². The van der Waals surface area contributed by atoms with Crippen molar-refractivity contribution in [3.63, 3.8) is 0 Å². The largest absolute Gasteiger partial charge is 0.496 e. The highest BCUT2D eigenvalue weighted by atomic mass is 32.1. The number of aryl methyl sites for hydroxylation is 1. The summed E-state index contributed by atoms with van der Waals surface area (Å²) in [5, 5.41) is 3.06. The molecule has 0 radical (unpaired) electrons. The Balaban J connectivity index is 2.31. The highest BCUT2D eigenvalue weighted by molar-refractivity contribution is 7.10. The highest BCUT2D eigenvalue weighted by Crippen LogP contribution is 2.33. The highest BCUT2D eigenvalue weighted by Gasteiger charge is 2.15. The third kappa shape index (κ3) is 3.38. The first-order valence-electron chi connectivity index (χ1n) is 6.87. The second kappa shape index (κ2) is 6.37. The molecule has 2 aromatic rings. The van der Waals surface area contributed by atoms with Crippen molar-refractivity contribution in [3.8, 4) is 17.0 Å². The number of rotatable bonds is 5. The van der Waals surface area contributed by atoms with Crippen molar-refractivity contribution in [1.29, 1.82) is 0 Å². The van der Waals surface area contributed by atoms with Gasteiger partial charge in [0, 0.05) is 10.9 Å². The Hall–Kier alpha value is -1.39. The molecule has 1 atom stereocenters. The van der Waals surface area contributed by atoms with Crippen molar-refractivity contribution in [2.24, 2.45) is 11.7 Å². The molecule has 1 heterocycles. The number of thiazole rings is 1. The third-order valence-corrected chi connectivity index (χ3v) is 4.17. The lowest BCUT2D eigenvalue weighted by molar-refractivity contribution is 0.416. The molecule has 4 heteroatoms.